The molecule has 0 spiro atoms. The van der Waals surface area contributed by atoms with Crippen molar-refractivity contribution < 1.29 is 0 Å². The lowest BCUT2D eigenvalue weighted by atomic mass is 9.85. The van der Waals surface area contributed by atoms with E-state index >= 15 is 0 Å². The van der Waals surface area contributed by atoms with Gasteiger partial charge in [0.2, 0.25) is 0 Å². The van der Waals surface area contributed by atoms with E-state index in [0.717, 1.165) is 24.4 Å². The zero-order valence-corrected chi connectivity index (χ0v) is 10.3. The van der Waals surface area contributed by atoms with Crippen molar-refractivity contribution in [1.29, 1.82) is 0 Å². The summed E-state index contributed by atoms with van der Waals surface area (Å²) in [5.74, 6) is 1.71. The zero-order chi connectivity index (χ0) is 10.8. The highest BCUT2D eigenvalue weighted by atomic mass is 15.1. The van der Waals surface area contributed by atoms with Gasteiger partial charge in [-0.15, -0.1) is 0 Å². The highest BCUT2D eigenvalue weighted by molar-refractivity contribution is 4.88. The van der Waals surface area contributed by atoms with Gasteiger partial charge < -0.3 is 10.6 Å². The van der Waals surface area contributed by atoms with Crippen LogP contribution in [0.1, 0.15) is 45.4 Å². The largest absolute Gasteiger partial charge is 0.326 e. The molecule has 3 atom stereocenters. The third kappa shape index (κ3) is 2.94. The summed E-state index contributed by atoms with van der Waals surface area (Å²) in [4.78, 5) is 2.53. The average molecular weight is 210 g/mol. The lowest BCUT2D eigenvalue weighted by Crippen LogP contribution is -2.45. The van der Waals surface area contributed by atoms with E-state index in [1.165, 1.54) is 38.5 Å². The molecule has 0 aromatic rings. The lowest BCUT2D eigenvalue weighted by Gasteiger charge is -2.37. The van der Waals surface area contributed by atoms with Gasteiger partial charge in [-0.3, -0.25) is 0 Å². The fraction of sp³-hybridized carbons (Fsp3) is 1.00. The van der Waals surface area contributed by atoms with Crippen molar-refractivity contribution in [2.75, 3.05) is 13.6 Å². The van der Waals surface area contributed by atoms with E-state index in [4.69, 9.17) is 5.73 Å². The molecule has 2 aliphatic carbocycles. The summed E-state index contributed by atoms with van der Waals surface area (Å²) in [5.41, 5.74) is 6.19. The Kier molecular flexibility index (Phi) is 3.68. The minimum Gasteiger partial charge on any atom is -0.326 e. The van der Waals surface area contributed by atoms with Gasteiger partial charge in [0.1, 0.15) is 0 Å². The van der Waals surface area contributed by atoms with E-state index in [1.807, 2.05) is 0 Å². The summed E-state index contributed by atoms with van der Waals surface area (Å²) in [5, 5.41) is 0. The zero-order valence-electron chi connectivity index (χ0n) is 10.3. The molecule has 0 amide bonds. The van der Waals surface area contributed by atoms with Crippen LogP contribution in [0, 0.1) is 11.8 Å². The van der Waals surface area contributed by atoms with Crippen LogP contribution in [0.25, 0.3) is 0 Å². The van der Waals surface area contributed by atoms with Crippen molar-refractivity contribution in [1.82, 2.24) is 4.90 Å². The molecule has 0 bridgehead atoms. The summed E-state index contributed by atoms with van der Waals surface area (Å²) in [6.45, 7) is 3.52. The second-order valence-electron chi connectivity index (χ2n) is 5.77. The Hall–Kier alpha value is -0.0800. The molecule has 2 N–H and O–H groups in total. The highest BCUT2D eigenvalue weighted by Gasteiger charge is 2.32. The normalized spacial score (nSPS) is 34.4. The minimum absolute atomic E-state index is 0.434. The molecule has 88 valence electrons. The SMILES string of the molecule is CC1CCCCC1N(C)CC(N)C1CC1. The third-order valence-electron chi connectivity index (χ3n) is 4.36. The number of hydrogen-bond acceptors (Lipinski definition) is 2. The summed E-state index contributed by atoms with van der Waals surface area (Å²) >= 11 is 0. The van der Waals surface area contributed by atoms with E-state index in [-0.39, 0.29) is 0 Å². The average Bonchev–Trinajstić information content (AvgIpc) is 3.01. The number of likely N-dealkylation sites (N-methyl/N-ethyl adjacent to an activating group) is 1. The van der Waals surface area contributed by atoms with Crippen molar-refractivity contribution >= 4 is 0 Å². The van der Waals surface area contributed by atoms with Crippen LogP contribution >= 0.6 is 0 Å². The van der Waals surface area contributed by atoms with Crippen molar-refractivity contribution in [3.8, 4) is 0 Å². The maximum absolute atomic E-state index is 6.19. The van der Waals surface area contributed by atoms with E-state index in [9.17, 15) is 0 Å². The quantitative estimate of drug-likeness (QED) is 0.771. The molecule has 15 heavy (non-hydrogen) atoms. The Morgan fingerprint density at radius 1 is 1.20 bits per heavy atom. The molecule has 2 aliphatic rings. The van der Waals surface area contributed by atoms with Crippen molar-refractivity contribution in [3.63, 3.8) is 0 Å². The summed E-state index contributed by atoms with van der Waals surface area (Å²) in [7, 11) is 2.27. The van der Waals surface area contributed by atoms with E-state index < -0.39 is 0 Å². The molecule has 2 nitrogen and oxygen atoms in total. The highest BCUT2D eigenvalue weighted by Crippen LogP contribution is 2.33. The minimum atomic E-state index is 0.434. The molecule has 0 aromatic carbocycles. The van der Waals surface area contributed by atoms with Gasteiger partial charge in [0, 0.05) is 18.6 Å². The van der Waals surface area contributed by atoms with Gasteiger partial charge in [0.25, 0.3) is 0 Å². The summed E-state index contributed by atoms with van der Waals surface area (Å²) in [6.07, 6.45) is 8.38. The molecule has 0 radical (unpaired) electrons. The van der Waals surface area contributed by atoms with Crippen LogP contribution in [0.2, 0.25) is 0 Å². The summed E-state index contributed by atoms with van der Waals surface area (Å²) in [6, 6.07) is 1.23. The van der Waals surface area contributed by atoms with Crippen LogP contribution in [0.5, 0.6) is 0 Å². The molecule has 0 aromatic heterocycles. The number of rotatable bonds is 4. The Labute approximate surface area is 94.2 Å². The molecule has 0 aliphatic heterocycles. The number of nitrogens with two attached hydrogens (primary N) is 1. The van der Waals surface area contributed by atoms with Crippen molar-refractivity contribution in [2.24, 2.45) is 17.6 Å². The van der Waals surface area contributed by atoms with Gasteiger partial charge in [-0.05, 0) is 44.6 Å². The Morgan fingerprint density at radius 3 is 2.47 bits per heavy atom. The molecule has 2 fully saturated rings. The van der Waals surface area contributed by atoms with Crippen molar-refractivity contribution in [2.45, 2.75) is 57.5 Å². The maximum Gasteiger partial charge on any atom is 0.0196 e. The van der Waals surface area contributed by atoms with Gasteiger partial charge in [-0.1, -0.05) is 19.8 Å². The van der Waals surface area contributed by atoms with Crippen LogP contribution in [0.15, 0.2) is 0 Å². The summed E-state index contributed by atoms with van der Waals surface area (Å²) < 4.78 is 0. The van der Waals surface area contributed by atoms with Crippen LogP contribution in [0.4, 0.5) is 0 Å². The first kappa shape index (κ1) is 11.4. The fourth-order valence-electron chi connectivity index (χ4n) is 3.09. The van der Waals surface area contributed by atoms with E-state index in [0.29, 0.717) is 6.04 Å². The molecular formula is C13H26N2. The predicted molar refractivity (Wildman–Crippen MR) is 64.7 cm³/mol. The topological polar surface area (TPSA) is 29.3 Å². The van der Waals surface area contributed by atoms with Crippen LogP contribution in [-0.4, -0.2) is 30.6 Å². The monoisotopic (exact) mass is 210 g/mol. The molecular weight excluding hydrogens is 184 g/mol. The second-order valence-corrected chi connectivity index (χ2v) is 5.77. The van der Waals surface area contributed by atoms with Crippen molar-refractivity contribution in [3.05, 3.63) is 0 Å². The van der Waals surface area contributed by atoms with E-state index in [2.05, 4.69) is 18.9 Å². The smallest absolute Gasteiger partial charge is 0.0196 e. The Bertz CT molecular complexity index is 201. The van der Waals surface area contributed by atoms with Crippen LogP contribution in [0.3, 0.4) is 0 Å². The van der Waals surface area contributed by atoms with Gasteiger partial charge in [-0.2, -0.15) is 0 Å². The maximum atomic E-state index is 6.19. The molecule has 3 unspecified atom stereocenters. The number of nitrogens with zero attached hydrogens (tertiary/aromatic N) is 1. The first-order valence-electron chi connectivity index (χ1n) is 6.64. The van der Waals surface area contributed by atoms with Gasteiger partial charge >= 0.3 is 0 Å². The predicted octanol–water partition coefficient (Wildman–Crippen LogP) is 2.23. The van der Waals surface area contributed by atoms with Gasteiger partial charge in [0.15, 0.2) is 0 Å². The lowest BCUT2D eigenvalue weighted by molar-refractivity contribution is 0.130. The first-order valence-corrected chi connectivity index (χ1v) is 6.64. The third-order valence-corrected chi connectivity index (χ3v) is 4.36. The fourth-order valence-corrected chi connectivity index (χ4v) is 3.09. The Morgan fingerprint density at radius 2 is 1.87 bits per heavy atom. The van der Waals surface area contributed by atoms with Gasteiger partial charge in [0.05, 0.1) is 0 Å². The second kappa shape index (κ2) is 4.84. The van der Waals surface area contributed by atoms with E-state index in [1.54, 1.807) is 0 Å². The van der Waals surface area contributed by atoms with Crippen LogP contribution in [-0.2, 0) is 0 Å². The number of hydrogen-bond donors (Lipinski definition) is 1. The first-order chi connectivity index (χ1) is 7.18. The molecule has 2 heteroatoms. The van der Waals surface area contributed by atoms with Crippen LogP contribution < -0.4 is 5.73 Å². The molecule has 0 heterocycles. The molecule has 2 saturated carbocycles. The molecule has 0 saturated heterocycles. The van der Waals surface area contributed by atoms with Gasteiger partial charge in [-0.25, -0.2) is 0 Å². The Balaban J connectivity index is 1.79. The standard InChI is InChI=1S/C13H26N2/c1-10-5-3-4-6-13(10)15(2)9-12(14)11-7-8-11/h10-13H,3-9,14H2,1-2H3. The molecule has 2 rings (SSSR count).